The van der Waals surface area contributed by atoms with Gasteiger partial charge in [-0.2, -0.15) is 0 Å². The molecule has 4 aliphatic rings. The Morgan fingerprint density at radius 2 is 1.85 bits per heavy atom. The van der Waals surface area contributed by atoms with Crippen molar-refractivity contribution in [2.24, 2.45) is 46.3 Å². The third kappa shape index (κ3) is 4.39. The van der Waals surface area contributed by atoms with Crippen LogP contribution < -0.4 is 0 Å². The fraction of sp³-hybridized carbons (Fsp3) is 0.923. The number of carboxylic acid groups (broad SMARTS) is 1. The fourth-order valence-corrected chi connectivity index (χ4v) is 9.11. The third-order valence-electron chi connectivity index (χ3n) is 10.7. The number of halogens is 1. The second-order valence-corrected chi connectivity index (χ2v) is 12.1. The molecule has 0 aromatic rings. The number of alkyl halides is 1. The molecule has 7 heteroatoms. The van der Waals surface area contributed by atoms with E-state index >= 15 is 0 Å². The molecule has 2 N–H and O–H groups in total. The molecule has 6 unspecified atom stereocenters. The minimum Gasteiger partial charge on any atom is -0.481 e. The predicted molar refractivity (Wildman–Crippen MR) is 125 cm³/mol. The van der Waals surface area contributed by atoms with E-state index in [9.17, 15) is 14.7 Å². The zero-order chi connectivity index (χ0) is 24.0. The average Bonchev–Trinajstić information content (AvgIpc) is 3.12. The highest BCUT2D eigenvalue weighted by Gasteiger charge is 2.63. The highest BCUT2D eigenvalue weighted by Crippen LogP contribution is 2.68. The lowest BCUT2D eigenvalue weighted by Crippen LogP contribution is -2.59. The summed E-state index contributed by atoms with van der Waals surface area (Å²) in [6.45, 7) is 6.91. The van der Waals surface area contributed by atoms with Crippen LogP contribution in [0.15, 0.2) is 0 Å². The number of hydrogen-bond donors (Lipinski definition) is 2. The highest BCUT2D eigenvalue weighted by atomic mass is 35.5. The first-order chi connectivity index (χ1) is 15.6. The molecule has 4 aliphatic carbocycles. The summed E-state index contributed by atoms with van der Waals surface area (Å²) in [4.78, 5) is 22.9. The van der Waals surface area contributed by atoms with Crippen LogP contribution in [0.2, 0.25) is 0 Å². The van der Waals surface area contributed by atoms with E-state index in [1.165, 1.54) is 6.42 Å². The van der Waals surface area contributed by atoms with Crippen LogP contribution >= 0.6 is 11.6 Å². The zero-order valence-electron chi connectivity index (χ0n) is 20.3. The Hall–Kier alpha value is -1.01. The molecule has 0 aromatic carbocycles. The maximum Gasteiger partial charge on any atom is 0.509 e. The van der Waals surface area contributed by atoms with Gasteiger partial charge in [-0.05, 0) is 104 Å². The topological polar surface area (TPSA) is 93.1 Å². The molecule has 0 bridgehead atoms. The smallest absolute Gasteiger partial charge is 0.481 e. The lowest BCUT2D eigenvalue weighted by Gasteiger charge is -2.62. The van der Waals surface area contributed by atoms with Crippen LogP contribution in [-0.2, 0) is 14.3 Å². The second-order valence-electron chi connectivity index (χ2n) is 11.9. The normalized spacial score (nSPS) is 45.3. The Bertz CT molecular complexity index is 744. The van der Waals surface area contributed by atoms with Gasteiger partial charge in [0.25, 0.3) is 0 Å². The van der Waals surface area contributed by atoms with Crippen molar-refractivity contribution in [1.82, 2.24) is 0 Å². The number of rotatable bonds is 6. The molecule has 4 fully saturated rings. The van der Waals surface area contributed by atoms with E-state index < -0.39 is 12.1 Å². The Morgan fingerprint density at radius 1 is 1.09 bits per heavy atom. The molecule has 4 rings (SSSR count). The number of carboxylic acids is 1. The Kier molecular flexibility index (Phi) is 7.27. The van der Waals surface area contributed by atoms with E-state index in [2.05, 4.69) is 20.8 Å². The summed E-state index contributed by atoms with van der Waals surface area (Å²) in [6, 6.07) is -0.190. The molecule has 0 aromatic heterocycles. The van der Waals surface area contributed by atoms with Crippen LogP contribution in [0.1, 0.15) is 85.0 Å². The van der Waals surface area contributed by atoms with Crippen LogP contribution in [0.4, 0.5) is 4.79 Å². The van der Waals surface area contributed by atoms with E-state index in [0.717, 1.165) is 44.9 Å². The van der Waals surface area contributed by atoms with Crippen molar-refractivity contribution in [3.8, 4) is 0 Å². The number of carbonyl (C=O) groups is 2. The SMILES string of the molecule is CC(CCC(=O)O)C1CCC2C3CCC4C[C@H](OC(=O)OCCl)CC[C@]4(C)C3C[C@H](O)[C@]12C. The number of ether oxygens (including phenoxy) is 2. The molecular weight excluding hydrogens is 444 g/mol. The molecule has 0 amide bonds. The molecule has 10 atom stereocenters. The molecule has 0 spiro atoms. The lowest BCUT2D eigenvalue weighted by molar-refractivity contribution is -0.175. The predicted octanol–water partition coefficient (Wildman–Crippen LogP) is 5.84. The minimum atomic E-state index is -0.729. The minimum absolute atomic E-state index is 0.111. The van der Waals surface area contributed by atoms with Gasteiger partial charge in [-0.15, -0.1) is 0 Å². The van der Waals surface area contributed by atoms with Gasteiger partial charge in [-0.1, -0.05) is 32.4 Å². The number of fused-ring (bicyclic) bond motifs is 5. The lowest BCUT2D eigenvalue weighted by atomic mass is 9.43. The Morgan fingerprint density at radius 3 is 2.55 bits per heavy atom. The van der Waals surface area contributed by atoms with Crippen LogP contribution in [0.25, 0.3) is 0 Å². The number of aliphatic carboxylic acids is 1. The van der Waals surface area contributed by atoms with Gasteiger partial charge in [-0.3, -0.25) is 4.79 Å². The van der Waals surface area contributed by atoms with E-state index in [0.29, 0.717) is 41.9 Å². The van der Waals surface area contributed by atoms with Crippen LogP contribution in [0.5, 0.6) is 0 Å². The first-order valence-electron chi connectivity index (χ1n) is 12.9. The summed E-state index contributed by atoms with van der Waals surface area (Å²) in [5, 5.41) is 20.7. The van der Waals surface area contributed by atoms with Crippen LogP contribution in [-0.4, -0.2) is 40.6 Å². The number of aliphatic hydroxyl groups is 1. The zero-order valence-corrected chi connectivity index (χ0v) is 21.1. The largest absolute Gasteiger partial charge is 0.509 e. The van der Waals surface area contributed by atoms with Gasteiger partial charge in [-0.25, -0.2) is 4.79 Å². The molecule has 0 heterocycles. The number of aliphatic hydroxyl groups excluding tert-OH is 1. The number of carbonyl (C=O) groups excluding carboxylic acids is 1. The van der Waals surface area contributed by atoms with E-state index in [4.69, 9.17) is 26.2 Å². The average molecular weight is 485 g/mol. The second kappa shape index (κ2) is 9.56. The monoisotopic (exact) mass is 484 g/mol. The molecule has 33 heavy (non-hydrogen) atoms. The summed E-state index contributed by atoms with van der Waals surface area (Å²) in [5.41, 5.74) is 0.0440. The van der Waals surface area contributed by atoms with Gasteiger partial charge in [0.05, 0.1) is 6.10 Å². The van der Waals surface area contributed by atoms with Crippen LogP contribution in [0, 0.1) is 46.3 Å². The van der Waals surface area contributed by atoms with Crippen molar-refractivity contribution in [3.63, 3.8) is 0 Å². The molecular formula is C26H41ClO6. The molecule has 4 saturated carbocycles. The van der Waals surface area contributed by atoms with Crippen molar-refractivity contribution in [2.75, 3.05) is 6.07 Å². The quantitative estimate of drug-likeness (QED) is 0.363. The maximum absolute atomic E-state index is 11.8. The van der Waals surface area contributed by atoms with Crippen LogP contribution in [0.3, 0.4) is 0 Å². The Labute approximate surface area is 202 Å². The summed E-state index contributed by atoms with van der Waals surface area (Å²) >= 11 is 5.48. The van der Waals surface area contributed by atoms with E-state index in [1.54, 1.807) is 0 Å². The van der Waals surface area contributed by atoms with Gasteiger partial charge >= 0.3 is 12.1 Å². The maximum atomic E-state index is 11.8. The van der Waals surface area contributed by atoms with Crippen molar-refractivity contribution < 1.29 is 29.3 Å². The summed E-state index contributed by atoms with van der Waals surface area (Å²) < 4.78 is 10.3. The molecule has 188 valence electrons. The van der Waals surface area contributed by atoms with Crippen molar-refractivity contribution in [3.05, 3.63) is 0 Å². The van der Waals surface area contributed by atoms with Crippen molar-refractivity contribution in [2.45, 2.75) is 97.2 Å². The third-order valence-corrected chi connectivity index (χ3v) is 10.8. The van der Waals surface area contributed by atoms with E-state index in [1.807, 2.05) is 0 Å². The van der Waals surface area contributed by atoms with Crippen molar-refractivity contribution >= 4 is 23.7 Å². The Balaban J connectivity index is 1.47. The summed E-state index contributed by atoms with van der Waals surface area (Å²) in [5.74, 6) is 2.09. The summed E-state index contributed by atoms with van der Waals surface area (Å²) in [6.07, 6.45) is 7.88. The van der Waals surface area contributed by atoms with Gasteiger partial charge in [0.2, 0.25) is 0 Å². The fourth-order valence-electron chi connectivity index (χ4n) is 9.02. The van der Waals surface area contributed by atoms with Gasteiger partial charge in [0.1, 0.15) is 6.10 Å². The molecule has 0 radical (unpaired) electrons. The van der Waals surface area contributed by atoms with Gasteiger partial charge < -0.3 is 19.7 Å². The first kappa shape index (κ1) is 25.1. The van der Waals surface area contributed by atoms with Crippen molar-refractivity contribution in [1.29, 1.82) is 0 Å². The number of hydrogen-bond acceptors (Lipinski definition) is 5. The van der Waals surface area contributed by atoms with Gasteiger partial charge in [0.15, 0.2) is 6.07 Å². The molecule has 6 nitrogen and oxygen atoms in total. The molecule has 0 aliphatic heterocycles. The summed E-state index contributed by atoms with van der Waals surface area (Å²) in [7, 11) is 0. The van der Waals surface area contributed by atoms with Gasteiger partial charge in [0, 0.05) is 6.42 Å². The standard InChI is InChI=1S/C26H41ClO6/c1-15(4-9-23(29)30)19-7-8-20-18-6-5-16-12-17(33-24(31)32-14-27)10-11-25(16,2)21(18)13-22(28)26(19,20)3/h15-22,28H,4-14H2,1-3H3,(H,29,30)/t15?,16?,17-,18?,19?,20?,21?,22+,25+,26-/m1/s1. The first-order valence-corrected chi connectivity index (χ1v) is 13.4. The molecule has 0 saturated heterocycles. The highest BCUT2D eigenvalue weighted by molar-refractivity contribution is 6.17. The van der Waals surface area contributed by atoms with E-state index in [-0.39, 0.29) is 35.5 Å².